The number of guanidine groups is 1. The largest absolute Gasteiger partial charge is 0.356 e. The zero-order chi connectivity index (χ0) is 13.2. The molecule has 1 rings (SSSR count). The molecule has 0 aliphatic rings. The van der Waals surface area contributed by atoms with Crippen LogP contribution in [0.4, 0.5) is 4.39 Å². The van der Waals surface area contributed by atoms with Gasteiger partial charge in [-0.25, -0.2) is 4.39 Å². The number of hydrogen-bond donors (Lipinski definition) is 2. The quantitative estimate of drug-likeness (QED) is 0.272. The van der Waals surface area contributed by atoms with Gasteiger partial charge in [0.15, 0.2) is 5.96 Å². The maximum absolute atomic E-state index is 12.7. The van der Waals surface area contributed by atoms with Crippen molar-refractivity contribution in [3.05, 3.63) is 47.8 Å². The van der Waals surface area contributed by atoms with Gasteiger partial charge >= 0.3 is 0 Å². The lowest BCUT2D eigenvalue weighted by Gasteiger charge is -2.11. The van der Waals surface area contributed by atoms with Crippen molar-refractivity contribution in [2.75, 3.05) is 13.6 Å². The minimum Gasteiger partial charge on any atom is -0.356 e. The highest BCUT2D eigenvalue weighted by molar-refractivity contribution is 14.0. The molecule has 0 aliphatic heterocycles. The maximum atomic E-state index is 12.7. The molecule has 19 heavy (non-hydrogen) atoms. The topological polar surface area (TPSA) is 36.4 Å². The highest BCUT2D eigenvalue weighted by atomic mass is 127. The van der Waals surface area contributed by atoms with E-state index in [2.05, 4.69) is 21.7 Å². The number of allylic oxidation sites excluding steroid dienone is 1. The van der Waals surface area contributed by atoms with Gasteiger partial charge < -0.3 is 10.6 Å². The lowest BCUT2D eigenvalue weighted by Crippen LogP contribution is -2.37. The highest BCUT2D eigenvalue weighted by Gasteiger charge is 1.97. The van der Waals surface area contributed by atoms with Crippen molar-refractivity contribution in [2.45, 2.75) is 19.9 Å². The van der Waals surface area contributed by atoms with Gasteiger partial charge in [0, 0.05) is 20.1 Å². The molecule has 0 saturated heterocycles. The van der Waals surface area contributed by atoms with Crippen LogP contribution in [0, 0.1) is 5.82 Å². The van der Waals surface area contributed by atoms with E-state index in [-0.39, 0.29) is 29.8 Å². The summed E-state index contributed by atoms with van der Waals surface area (Å²) in [5, 5.41) is 6.37. The summed E-state index contributed by atoms with van der Waals surface area (Å²) in [4.78, 5) is 4.11. The molecule has 5 heteroatoms. The molecule has 0 atom stereocenters. The van der Waals surface area contributed by atoms with E-state index in [1.807, 2.05) is 13.0 Å². The lowest BCUT2D eigenvalue weighted by molar-refractivity contribution is 0.626. The molecule has 0 saturated carbocycles. The first-order valence-electron chi connectivity index (χ1n) is 6.06. The SMILES string of the molecule is CC=CCCNC(=NC)NCc1ccc(F)cc1.I. The Hall–Kier alpha value is -1.11. The van der Waals surface area contributed by atoms with Gasteiger partial charge in [-0.15, -0.1) is 24.0 Å². The molecular weight excluding hydrogens is 356 g/mol. The minimum absolute atomic E-state index is 0. The van der Waals surface area contributed by atoms with E-state index in [4.69, 9.17) is 0 Å². The predicted octanol–water partition coefficient (Wildman–Crippen LogP) is 3.07. The summed E-state index contributed by atoms with van der Waals surface area (Å²) >= 11 is 0. The molecule has 3 nitrogen and oxygen atoms in total. The second-order valence-corrected chi connectivity index (χ2v) is 3.84. The van der Waals surface area contributed by atoms with Gasteiger partial charge in [-0.05, 0) is 31.0 Å². The van der Waals surface area contributed by atoms with E-state index in [0.717, 1.165) is 24.5 Å². The molecule has 0 unspecified atom stereocenters. The molecule has 106 valence electrons. The Morgan fingerprint density at radius 1 is 1.26 bits per heavy atom. The zero-order valence-corrected chi connectivity index (χ0v) is 13.6. The predicted molar refractivity (Wildman–Crippen MR) is 89.4 cm³/mol. The van der Waals surface area contributed by atoms with Crippen molar-refractivity contribution >= 4 is 29.9 Å². The normalized spacial score (nSPS) is 11.2. The van der Waals surface area contributed by atoms with Crippen LogP contribution in [0.3, 0.4) is 0 Å². The Labute approximate surface area is 131 Å². The van der Waals surface area contributed by atoms with Crippen molar-refractivity contribution < 1.29 is 4.39 Å². The molecule has 0 radical (unpaired) electrons. The van der Waals surface area contributed by atoms with Gasteiger partial charge in [0.05, 0.1) is 0 Å². The fraction of sp³-hybridized carbons (Fsp3) is 0.357. The Balaban J connectivity index is 0.00000324. The van der Waals surface area contributed by atoms with Crippen LogP contribution in [-0.4, -0.2) is 19.6 Å². The van der Waals surface area contributed by atoms with E-state index in [1.54, 1.807) is 19.2 Å². The molecule has 0 heterocycles. The summed E-state index contributed by atoms with van der Waals surface area (Å²) in [5.74, 6) is 0.538. The molecule has 0 aromatic heterocycles. The van der Waals surface area contributed by atoms with Crippen LogP contribution in [0.25, 0.3) is 0 Å². The number of aliphatic imine (C=N–C) groups is 1. The van der Waals surface area contributed by atoms with Crippen LogP contribution in [0.2, 0.25) is 0 Å². The van der Waals surface area contributed by atoms with Crippen LogP contribution < -0.4 is 10.6 Å². The molecule has 0 fully saturated rings. The minimum atomic E-state index is -0.215. The zero-order valence-electron chi connectivity index (χ0n) is 11.3. The fourth-order valence-electron chi connectivity index (χ4n) is 1.45. The van der Waals surface area contributed by atoms with E-state index < -0.39 is 0 Å². The Morgan fingerprint density at radius 2 is 1.95 bits per heavy atom. The second-order valence-electron chi connectivity index (χ2n) is 3.84. The summed E-state index contributed by atoms with van der Waals surface area (Å²) < 4.78 is 12.7. The van der Waals surface area contributed by atoms with Crippen molar-refractivity contribution in [1.29, 1.82) is 0 Å². The molecular formula is C14H21FIN3. The van der Waals surface area contributed by atoms with Crippen molar-refractivity contribution in [2.24, 2.45) is 4.99 Å². The van der Waals surface area contributed by atoms with Crippen LogP contribution >= 0.6 is 24.0 Å². The van der Waals surface area contributed by atoms with Crippen LogP contribution in [0.1, 0.15) is 18.9 Å². The highest BCUT2D eigenvalue weighted by Crippen LogP contribution is 2.01. The number of nitrogens with zero attached hydrogens (tertiary/aromatic N) is 1. The Kier molecular flexibility index (Phi) is 10.1. The third-order valence-electron chi connectivity index (χ3n) is 2.44. The first-order valence-corrected chi connectivity index (χ1v) is 6.06. The molecule has 0 spiro atoms. The van der Waals surface area contributed by atoms with Gasteiger partial charge in [-0.3, -0.25) is 4.99 Å². The average Bonchev–Trinajstić information content (AvgIpc) is 2.40. The Morgan fingerprint density at radius 3 is 2.53 bits per heavy atom. The Bertz CT molecular complexity index is 402. The summed E-state index contributed by atoms with van der Waals surface area (Å²) in [6.07, 6.45) is 5.09. The van der Waals surface area contributed by atoms with Crippen LogP contribution in [0.5, 0.6) is 0 Å². The van der Waals surface area contributed by atoms with E-state index in [0.29, 0.717) is 6.54 Å². The molecule has 2 N–H and O–H groups in total. The number of rotatable bonds is 5. The molecule has 1 aromatic rings. The third kappa shape index (κ3) is 7.81. The molecule has 0 bridgehead atoms. The number of nitrogens with one attached hydrogen (secondary N) is 2. The number of hydrogen-bond acceptors (Lipinski definition) is 1. The first-order chi connectivity index (χ1) is 8.76. The molecule has 0 aliphatic carbocycles. The van der Waals surface area contributed by atoms with Gasteiger partial charge in [0.1, 0.15) is 5.82 Å². The van der Waals surface area contributed by atoms with Gasteiger partial charge in [-0.2, -0.15) is 0 Å². The van der Waals surface area contributed by atoms with Crippen molar-refractivity contribution in [1.82, 2.24) is 10.6 Å². The molecule has 0 amide bonds. The first kappa shape index (κ1) is 17.9. The van der Waals surface area contributed by atoms with E-state index in [1.165, 1.54) is 12.1 Å². The van der Waals surface area contributed by atoms with Crippen LogP contribution in [0.15, 0.2) is 41.4 Å². The summed E-state index contributed by atoms with van der Waals surface area (Å²) in [7, 11) is 1.73. The van der Waals surface area contributed by atoms with Crippen LogP contribution in [-0.2, 0) is 6.54 Å². The fourth-order valence-corrected chi connectivity index (χ4v) is 1.45. The maximum Gasteiger partial charge on any atom is 0.191 e. The standard InChI is InChI=1S/C14H20FN3.HI/c1-3-4-5-10-17-14(16-2)18-11-12-6-8-13(15)9-7-12;/h3-4,6-9H,5,10-11H2,1-2H3,(H2,16,17,18);1H. The summed E-state index contributed by atoms with van der Waals surface area (Å²) in [6.45, 7) is 3.47. The van der Waals surface area contributed by atoms with E-state index in [9.17, 15) is 4.39 Å². The lowest BCUT2D eigenvalue weighted by atomic mass is 10.2. The van der Waals surface area contributed by atoms with Crippen molar-refractivity contribution in [3.63, 3.8) is 0 Å². The number of benzene rings is 1. The van der Waals surface area contributed by atoms with E-state index >= 15 is 0 Å². The van der Waals surface area contributed by atoms with Gasteiger partial charge in [-0.1, -0.05) is 24.3 Å². The van der Waals surface area contributed by atoms with Gasteiger partial charge in [0.25, 0.3) is 0 Å². The average molecular weight is 377 g/mol. The summed E-state index contributed by atoms with van der Waals surface area (Å²) in [5.41, 5.74) is 1.02. The molecule has 1 aromatic carbocycles. The summed E-state index contributed by atoms with van der Waals surface area (Å²) in [6, 6.07) is 6.43. The van der Waals surface area contributed by atoms with Gasteiger partial charge in [0.2, 0.25) is 0 Å². The monoisotopic (exact) mass is 377 g/mol. The smallest absolute Gasteiger partial charge is 0.191 e. The second kappa shape index (κ2) is 10.8. The van der Waals surface area contributed by atoms with Crippen molar-refractivity contribution in [3.8, 4) is 0 Å². The third-order valence-corrected chi connectivity index (χ3v) is 2.44. The number of halogens is 2.